The zero-order valence-electron chi connectivity index (χ0n) is 27.6. The molecule has 46 heavy (non-hydrogen) atoms. The molecule has 5 rings (SSSR count). The van der Waals surface area contributed by atoms with Crippen molar-refractivity contribution in [2.45, 2.75) is 97.6 Å². The number of nitrogens with zero attached hydrogens (tertiary/aromatic N) is 1. The second-order valence-electron chi connectivity index (χ2n) is 14.3. The van der Waals surface area contributed by atoms with Crippen LogP contribution in [0.1, 0.15) is 93.0 Å². The molecule has 2 N–H and O–H groups in total. The molecule has 1 saturated carbocycles. The van der Waals surface area contributed by atoms with E-state index in [4.69, 9.17) is 16.0 Å². The molecule has 1 aliphatic heterocycles. The normalized spacial score (nSPS) is 17.8. The third kappa shape index (κ3) is 7.49. The quantitative estimate of drug-likeness (QED) is 0.304. The summed E-state index contributed by atoms with van der Waals surface area (Å²) in [6.07, 6.45) is 6.87. The van der Waals surface area contributed by atoms with Crippen molar-refractivity contribution in [3.63, 3.8) is 0 Å². The zero-order chi connectivity index (χ0) is 33.2. The summed E-state index contributed by atoms with van der Waals surface area (Å²) < 4.78 is 5.89. The Morgan fingerprint density at radius 3 is 2.24 bits per heavy atom. The SMILES string of the molecule is Cc1cc2oc(C(=O)N[C@H](Cc3ccc(Cl)cc3)C(=O)N3CCC(C(=O)NC(C)(C)C)(C4CCCCC4)CC3)cc(=O)c2cc1C. The zero-order valence-corrected chi connectivity index (χ0v) is 28.4. The van der Waals surface area contributed by atoms with Crippen molar-refractivity contribution in [3.05, 3.63) is 80.2 Å². The number of halogens is 1. The van der Waals surface area contributed by atoms with Crippen molar-refractivity contribution in [1.82, 2.24) is 15.5 Å². The lowest BCUT2D eigenvalue weighted by molar-refractivity contribution is -0.147. The molecule has 0 bridgehead atoms. The molecule has 1 aromatic heterocycles. The fourth-order valence-electron chi connectivity index (χ4n) is 7.10. The van der Waals surface area contributed by atoms with Crippen LogP contribution in [0.4, 0.5) is 0 Å². The van der Waals surface area contributed by atoms with Crippen molar-refractivity contribution < 1.29 is 18.8 Å². The number of fused-ring (bicyclic) bond motifs is 1. The molecule has 1 aliphatic carbocycles. The molecule has 3 aromatic rings. The second kappa shape index (κ2) is 13.6. The molecule has 1 saturated heterocycles. The van der Waals surface area contributed by atoms with E-state index in [1.807, 2.05) is 46.8 Å². The molecule has 0 spiro atoms. The Kier molecular flexibility index (Phi) is 9.97. The molecule has 2 heterocycles. The van der Waals surface area contributed by atoms with Crippen LogP contribution in [0.5, 0.6) is 0 Å². The van der Waals surface area contributed by atoms with Crippen LogP contribution in [-0.4, -0.2) is 47.3 Å². The number of hydrogen-bond acceptors (Lipinski definition) is 5. The van der Waals surface area contributed by atoms with E-state index >= 15 is 0 Å². The van der Waals surface area contributed by atoms with Crippen LogP contribution < -0.4 is 16.1 Å². The second-order valence-corrected chi connectivity index (χ2v) is 14.7. The van der Waals surface area contributed by atoms with Crippen molar-refractivity contribution in [1.29, 1.82) is 0 Å². The van der Waals surface area contributed by atoms with Gasteiger partial charge in [-0.05, 0) is 107 Å². The molecule has 1 atom stereocenters. The molecule has 246 valence electrons. The third-order valence-corrected chi connectivity index (χ3v) is 10.1. The summed E-state index contributed by atoms with van der Waals surface area (Å²) in [7, 11) is 0. The number of nitrogens with one attached hydrogen (secondary N) is 2. The number of carbonyl (C=O) groups excluding carboxylic acids is 3. The van der Waals surface area contributed by atoms with Gasteiger partial charge >= 0.3 is 0 Å². The number of amides is 3. The fourth-order valence-corrected chi connectivity index (χ4v) is 7.22. The maximum atomic E-state index is 14.2. The number of carbonyl (C=O) groups is 3. The highest BCUT2D eigenvalue weighted by Crippen LogP contribution is 2.46. The summed E-state index contributed by atoms with van der Waals surface area (Å²) in [5, 5.41) is 7.10. The summed E-state index contributed by atoms with van der Waals surface area (Å²) in [5.41, 5.74) is 1.85. The van der Waals surface area contributed by atoms with Crippen LogP contribution in [0, 0.1) is 25.2 Å². The maximum Gasteiger partial charge on any atom is 0.287 e. The lowest BCUT2D eigenvalue weighted by atomic mass is 9.63. The van der Waals surface area contributed by atoms with Crippen LogP contribution in [0.3, 0.4) is 0 Å². The number of piperidine rings is 1. The average molecular weight is 648 g/mol. The summed E-state index contributed by atoms with van der Waals surface area (Å²) >= 11 is 6.12. The summed E-state index contributed by atoms with van der Waals surface area (Å²) in [6.45, 7) is 10.7. The van der Waals surface area contributed by atoms with Gasteiger partial charge in [-0.15, -0.1) is 0 Å². The van der Waals surface area contributed by atoms with Gasteiger partial charge in [0.15, 0.2) is 11.2 Å². The van der Waals surface area contributed by atoms with Gasteiger partial charge in [-0.1, -0.05) is 43.0 Å². The summed E-state index contributed by atoms with van der Waals surface area (Å²) in [4.78, 5) is 56.3. The summed E-state index contributed by atoms with van der Waals surface area (Å²) in [6, 6.07) is 10.9. The number of aryl methyl sites for hydroxylation is 2. The van der Waals surface area contributed by atoms with E-state index in [1.54, 1.807) is 29.2 Å². The first-order valence-electron chi connectivity index (χ1n) is 16.5. The summed E-state index contributed by atoms with van der Waals surface area (Å²) in [5.74, 6) is -0.645. The van der Waals surface area contributed by atoms with Crippen molar-refractivity contribution in [2.24, 2.45) is 11.3 Å². The average Bonchev–Trinajstić information content (AvgIpc) is 3.02. The lowest BCUT2D eigenvalue weighted by Gasteiger charge is -2.48. The Morgan fingerprint density at radius 1 is 0.978 bits per heavy atom. The van der Waals surface area contributed by atoms with Crippen molar-refractivity contribution in [2.75, 3.05) is 13.1 Å². The van der Waals surface area contributed by atoms with Gasteiger partial charge < -0.3 is 20.0 Å². The van der Waals surface area contributed by atoms with Gasteiger partial charge in [-0.2, -0.15) is 0 Å². The minimum Gasteiger partial charge on any atom is -0.451 e. The predicted octanol–water partition coefficient (Wildman–Crippen LogP) is 6.51. The molecular weight excluding hydrogens is 602 g/mol. The van der Waals surface area contributed by atoms with Crippen LogP contribution in [-0.2, 0) is 16.0 Å². The number of hydrogen-bond donors (Lipinski definition) is 2. The molecule has 9 heteroatoms. The first kappa shape index (κ1) is 33.7. The van der Waals surface area contributed by atoms with Crippen molar-refractivity contribution >= 4 is 40.3 Å². The van der Waals surface area contributed by atoms with E-state index in [0.717, 1.165) is 42.4 Å². The molecule has 0 unspecified atom stereocenters. The van der Waals surface area contributed by atoms with E-state index in [2.05, 4.69) is 10.6 Å². The van der Waals surface area contributed by atoms with E-state index < -0.39 is 17.4 Å². The van der Waals surface area contributed by atoms with Crippen LogP contribution >= 0.6 is 11.6 Å². The number of benzene rings is 2. The topological polar surface area (TPSA) is 109 Å². The van der Waals surface area contributed by atoms with Gasteiger partial charge in [0, 0.05) is 36.1 Å². The minimum absolute atomic E-state index is 0.0850. The highest BCUT2D eigenvalue weighted by molar-refractivity contribution is 6.30. The first-order valence-corrected chi connectivity index (χ1v) is 16.9. The molecular formula is C37H46ClN3O5. The van der Waals surface area contributed by atoms with Gasteiger partial charge in [0.2, 0.25) is 11.8 Å². The third-order valence-electron chi connectivity index (χ3n) is 9.82. The van der Waals surface area contributed by atoms with Crippen LogP contribution in [0.2, 0.25) is 5.02 Å². The number of likely N-dealkylation sites (tertiary alicyclic amines) is 1. The van der Waals surface area contributed by atoms with E-state index in [-0.39, 0.29) is 40.9 Å². The van der Waals surface area contributed by atoms with E-state index in [0.29, 0.717) is 41.9 Å². The Bertz CT molecular complexity index is 1660. The Hall–Kier alpha value is -3.65. The van der Waals surface area contributed by atoms with Crippen LogP contribution in [0.25, 0.3) is 11.0 Å². The van der Waals surface area contributed by atoms with E-state index in [9.17, 15) is 19.2 Å². The largest absolute Gasteiger partial charge is 0.451 e. The Morgan fingerprint density at radius 2 is 1.61 bits per heavy atom. The van der Waals surface area contributed by atoms with Crippen LogP contribution in [0.15, 0.2) is 51.7 Å². The molecule has 8 nitrogen and oxygen atoms in total. The van der Waals surface area contributed by atoms with Gasteiger partial charge in [-0.25, -0.2) is 0 Å². The standard InChI is InChI=1S/C37H46ClN3O5/c1-23-19-28-30(42)22-32(46-31(28)20-24(23)2)33(43)39-29(21-25-11-13-27(38)14-12-25)34(44)41-17-15-37(16-18-41,26-9-7-6-8-10-26)35(45)40-36(3,4)5/h11-14,19-20,22,26,29H,6-10,15-18,21H2,1-5H3,(H,39,43)(H,40,45)/t29-/m1/s1. The lowest BCUT2D eigenvalue weighted by Crippen LogP contribution is -2.59. The molecule has 2 fully saturated rings. The first-order chi connectivity index (χ1) is 21.8. The van der Waals surface area contributed by atoms with Gasteiger partial charge in [0.25, 0.3) is 5.91 Å². The molecule has 2 aliphatic rings. The highest BCUT2D eigenvalue weighted by Gasteiger charge is 2.49. The van der Waals surface area contributed by atoms with Gasteiger partial charge in [0.1, 0.15) is 11.6 Å². The van der Waals surface area contributed by atoms with Crippen molar-refractivity contribution in [3.8, 4) is 0 Å². The van der Waals surface area contributed by atoms with E-state index in [1.165, 1.54) is 12.5 Å². The monoisotopic (exact) mass is 647 g/mol. The predicted molar refractivity (Wildman–Crippen MR) is 181 cm³/mol. The molecule has 2 aromatic carbocycles. The fraction of sp³-hybridized carbons (Fsp3) is 0.514. The minimum atomic E-state index is -0.917. The smallest absolute Gasteiger partial charge is 0.287 e. The maximum absolute atomic E-state index is 14.2. The van der Waals surface area contributed by atoms with Gasteiger partial charge in [-0.3, -0.25) is 19.2 Å². The Balaban J connectivity index is 1.39. The molecule has 0 radical (unpaired) electrons. The van der Waals surface area contributed by atoms with Gasteiger partial charge in [0.05, 0.1) is 10.8 Å². The highest BCUT2D eigenvalue weighted by atomic mass is 35.5. The Labute approximate surface area is 276 Å². The number of rotatable bonds is 7. The molecule has 3 amide bonds.